The van der Waals surface area contributed by atoms with Crippen LogP contribution in [-0.2, 0) is 0 Å². The van der Waals surface area contributed by atoms with E-state index in [2.05, 4.69) is 73.6 Å². The first-order chi connectivity index (χ1) is 11.3. The zero-order chi connectivity index (χ0) is 18.0. The van der Waals surface area contributed by atoms with Crippen LogP contribution in [0, 0.1) is 5.92 Å². The van der Waals surface area contributed by atoms with E-state index in [1.807, 2.05) is 0 Å². The maximum absolute atomic E-state index is 2.44. The number of benzene rings is 1. The lowest BCUT2D eigenvalue weighted by Crippen LogP contribution is -2.27. The Morgan fingerprint density at radius 1 is 0.958 bits per heavy atom. The third-order valence-corrected chi connectivity index (χ3v) is 9.19. The first-order valence-electron chi connectivity index (χ1n) is 9.82. The van der Waals surface area contributed by atoms with Crippen molar-refractivity contribution in [2.45, 2.75) is 80.1 Å². The van der Waals surface area contributed by atoms with Gasteiger partial charge in [-0.05, 0) is 68.1 Å². The molecular weight excluding hydrogens is 304 g/mol. The topological polar surface area (TPSA) is 0 Å². The van der Waals surface area contributed by atoms with Gasteiger partial charge in [0.1, 0.15) is 0 Å². The number of hydrogen-bond acceptors (Lipinski definition) is 0. The predicted octanol–water partition coefficient (Wildman–Crippen LogP) is 5.77. The molecule has 1 heteroatoms. The molecule has 0 amide bonds. The quantitative estimate of drug-likeness (QED) is 0.577. The molecule has 0 fully saturated rings. The van der Waals surface area contributed by atoms with Gasteiger partial charge >= 0.3 is 0 Å². The Morgan fingerprint density at radius 3 is 2.08 bits per heavy atom. The van der Waals surface area contributed by atoms with Gasteiger partial charge in [0.15, 0.2) is 0 Å². The van der Waals surface area contributed by atoms with Gasteiger partial charge in [0, 0.05) is 0 Å². The van der Waals surface area contributed by atoms with Gasteiger partial charge < -0.3 is 0 Å². The highest BCUT2D eigenvalue weighted by atomic mass is 28.2. The first-order valence-corrected chi connectivity index (χ1v) is 11.2. The van der Waals surface area contributed by atoms with Crippen LogP contribution in [0.4, 0.5) is 0 Å². The van der Waals surface area contributed by atoms with Crippen molar-refractivity contribution in [3.05, 3.63) is 51.2 Å². The molecule has 0 aliphatic heterocycles. The molecule has 1 aliphatic carbocycles. The predicted molar refractivity (Wildman–Crippen MR) is 112 cm³/mol. The summed E-state index contributed by atoms with van der Waals surface area (Å²) in [7, 11) is -0.398. The third kappa shape index (κ3) is 3.47. The molecule has 3 atom stereocenters. The summed E-state index contributed by atoms with van der Waals surface area (Å²) in [6.45, 7) is 18.9. The molecule has 132 valence electrons. The summed E-state index contributed by atoms with van der Waals surface area (Å²) in [6, 6.07) is 7.15. The van der Waals surface area contributed by atoms with Gasteiger partial charge in [-0.25, -0.2) is 0 Å². The fraction of sp³-hybridized carbons (Fsp3) is 0.565. The molecule has 0 bridgehead atoms. The molecule has 0 saturated carbocycles. The fourth-order valence-corrected chi connectivity index (χ4v) is 6.73. The molecule has 2 rings (SSSR count). The smallest absolute Gasteiger partial charge is 0.0728 e. The monoisotopic (exact) mass is 340 g/mol. The average molecular weight is 341 g/mol. The van der Waals surface area contributed by atoms with Crippen molar-refractivity contribution in [2.75, 3.05) is 0 Å². The van der Waals surface area contributed by atoms with Crippen LogP contribution < -0.4 is 5.19 Å². The maximum atomic E-state index is 2.44. The zero-order valence-corrected chi connectivity index (χ0v) is 18.5. The van der Waals surface area contributed by atoms with Gasteiger partial charge in [-0.15, -0.1) is 0 Å². The van der Waals surface area contributed by atoms with E-state index in [0.717, 1.165) is 0 Å². The Bertz CT molecular complexity index is 663. The number of hydrogen-bond donors (Lipinski definition) is 0. The summed E-state index contributed by atoms with van der Waals surface area (Å²) >= 11 is 0. The van der Waals surface area contributed by atoms with Crippen LogP contribution in [0.25, 0.3) is 0 Å². The second-order valence-electron chi connectivity index (χ2n) is 7.90. The average Bonchev–Trinajstić information content (AvgIpc) is 2.78. The second-order valence-corrected chi connectivity index (χ2v) is 9.77. The molecule has 0 aromatic heterocycles. The Labute approximate surface area is 152 Å². The molecule has 24 heavy (non-hydrogen) atoms. The molecule has 1 aromatic rings. The Balaban J connectivity index is 2.48. The second kappa shape index (κ2) is 7.87. The summed E-state index contributed by atoms with van der Waals surface area (Å²) in [5.41, 5.74) is 8.04. The minimum Gasteiger partial charge on any atom is -0.0728 e. The normalized spacial score (nSPS) is 21.2. The Morgan fingerprint density at radius 2 is 1.58 bits per heavy atom. The minimum atomic E-state index is -0.398. The summed E-state index contributed by atoms with van der Waals surface area (Å²) in [5.74, 6) is 2.00. The van der Waals surface area contributed by atoms with Crippen molar-refractivity contribution < 1.29 is 0 Å². The van der Waals surface area contributed by atoms with Crippen molar-refractivity contribution in [1.82, 2.24) is 0 Å². The van der Waals surface area contributed by atoms with Gasteiger partial charge in [-0.2, -0.15) is 0 Å². The largest absolute Gasteiger partial charge is 0.0839 e. The van der Waals surface area contributed by atoms with Gasteiger partial charge in [0.25, 0.3) is 0 Å². The highest BCUT2D eigenvalue weighted by Gasteiger charge is 2.25. The summed E-state index contributed by atoms with van der Waals surface area (Å²) < 4.78 is 0. The molecule has 0 saturated heterocycles. The van der Waals surface area contributed by atoms with Crippen LogP contribution in [0.15, 0.2) is 40.1 Å². The Kier molecular flexibility index (Phi) is 6.31. The van der Waals surface area contributed by atoms with Gasteiger partial charge in [-0.1, -0.05) is 74.3 Å². The molecule has 1 aromatic carbocycles. The van der Waals surface area contributed by atoms with Crippen molar-refractivity contribution in [3.8, 4) is 0 Å². The van der Waals surface area contributed by atoms with E-state index in [-0.39, 0.29) is 0 Å². The van der Waals surface area contributed by atoms with E-state index in [9.17, 15) is 0 Å². The van der Waals surface area contributed by atoms with Crippen LogP contribution in [0.1, 0.15) is 91.2 Å². The van der Waals surface area contributed by atoms with Crippen molar-refractivity contribution in [2.24, 2.45) is 5.92 Å². The summed E-state index contributed by atoms with van der Waals surface area (Å²) in [4.78, 5) is 0. The first kappa shape index (κ1) is 19.2. The van der Waals surface area contributed by atoms with Gasteiger partial charge in [-0.3, -0.25) is 0 Å². The number of allylic oxidation sites excluding steroid dienone is 4. The van der Waals surface area contributed by atoms with Crippen molar-refractivity contribution in [3.63, 3.8) is 0 Å². The zero-order valence-electron chi connectivity index (χ0n) is 17.1. The lowest BCUT2D eigenvalue weighted by atomic mass is 9.86. The SMILES string of the molecule is CCC(C)c1cccc([SiH2]C2=C(C)C(C)=C(C)C2C)c1C(C)CC. The summed E-state index contributed by atoms with van der Waals surface area (Å²) in [5, 5.41) is 3.47. The molecule has 0 spiro atoms. The van der Waals surface area contributed by atoms with Crippen LogP contribution in [0.3, 0.4) is 0 Å². The molecule has 0 nitrogen and oxygen atoms in total. The van der Waals surface area contributed by atoms with Gasteiger partial charge in [0.05, 0.1) is 9.52 Å². The molecular formula is C23H36Si. The Hall–Kier alpha value is -1.08. The maximum Gasteiger partial charge on any atom is 0.0839 e. The van der Waals surface area contributed by atoms with Crippen LogP contribution in [0.5, 0.6) is 0 Å². The highest BCUT2D eigenvalue weighted by Crippen LogP contribution is 2.36. The van der Waals surface area contributed by atoms with E-state index in [4.69, 9.17) is 0 Å². The minimum absolute atomic E-state index is 0.398. The van der Waals surface area contributed by atoms with E-state index < -0.39 is 9.52 Å². The van der Waals surface area contributed by atoms with Crippen LogP contribution >= 0.6 is 0 Å². The van der Waals surface area contributed by atoms with E-state index >= 15 is 0 Å². The van der Waals surface area contributed by atoms with Crippen LogP contribution in [-0.4, -0.2) is 9.52 Å². The van der Waals surface area contributed by atoms with Crippen molar-refractivity contribution in [1.29, 1.82) is 0 Å². The fourth-order valence-electron chi connectivity index (χ4n) is 4.18. The van der Waals surface area contributed by atoms with Gasteiger partial charge in [0.2, 0.25) is 0 Å². The van der Waals surface area contributed by atoms with Crippen molar-refractivity contribution >= 4 is 14.7 Å². The van der Waals surface area contributed by atoms with Crippen LogP contribution in [0.2, 0.25) is 0 Å². The molecule has 0 N–H and O–H groups in total. The lowest BCUT2D eigenvalue weighted by molar-refractivity contribution is 0.680. The standard InChI is InChI=1S/C23H36Si/c1-9-14(3)20-12-11-13-21(22(20)15(4)10-2)24-23-18(7)16(5)17(6)19(23)8/h11-15,18H,9-10,24H2,1-8H3. The molecule has 0 heterocycles. The summed E-state index contributed by atoms with van der Waals surface area (Å²) in [6.07, 6.45) is 2.46. The molecule has 1 aliphatic rings. The lowest BCUT2D eigenvalue weighted by Gasteiger charge is -2.24. The third-order valence-electron chi connectivity index (χ3n) is 6.67. The van der Waals surface area contributed by atoms with E-state index in [1.54, 1.807) is 38.2 Å². The molecule has 0 radical (unpaired) electrons. The van der Waals surface area contributed by atoms with E-state index in [1.165, 1.54) is 12.8 Å². The van der Waals surface area contributed by atoms with E-state index in [0.29, 0.717) is 17.8 Å². The number of rotatable bonds is 6. The highest BCUT2D eigenvalue weighted by molar-refractivity contribution is 6.62. The molecule has 3 unspecified atom stereocenters.